The van der Waals surface area contributed by atoms with E-state index in [1.807, 2.05) is 36.1 Å². The Labute approximate surface area is 137 Å². The Kier molecular flexibility index (Phi) is 5.98. The van der Waals surface area contributed by atoms with Crippen molar-refractivity contribution in [1.29, 1.82) is 0 Å². The molecule has 1 atom stereocenters. The van der Waals surface area contributed by atoms with E-state index in [0.29, 0.717) is 0 Å². The van der Waals surface area contributed by atoms with E-state index in [1.165, 1.54) is 0 Å². The van der Waals surface area contributed by atoms with Crippen LogP contribution >= 0.6 is 0 Å². The summed E-state index contributed by atoms with van der Waals surface area (Å²) in [6, 6.07) is 6.75. The summed E-state index contributed by atoms with van der Waals surface area (Å²) < 4.78 is 0. The molecule has 6 nitrogen and oxygen atoms in total. The van der Waals surface area contributed by atoms with Crippen molar-refractivity contribution in [3.8, 4) is 0 Å². The molecule has 1 aromatic rings. The molecule has 23 heavy (non-hydrogen) atoms. The summed E-state index contributed by atoms with van der Waals surface area (Å²) in [6.07, 6.45) is 1.21. The van der Waals surface area contributed by atoms with E-state index in [4.69, 9.17) is 5.73 Å². The quantitative estimate of drug-likeness (QED) is 0.877. The molecule has 2 rings (SSSR count). The van der Waals surface area contributed by atoms with Gasteiger partial charge in [-0.15, -0.1) is 0 Å². The van der Waals surface area contributed by atoms with Crippen LogP contribution in [0.2, 0.25) is 0 Å². The van der Waals surface area contributed by atoms with Gasteiger partial charge in [-0.25, -0.2) is 4.79 Å². The molecule has 1 saturated heterocycles. The van der Waals surface area contributed by atoms with Crippen LogP contribution in [0.3, 0.4) is 0 Å². The number of nitrogens with two attached hydrogens (primary N) is 1. The largest absolute Gasteiger partial charge is 0.352 e. The molecule has 1 unspecified atom stereocenters. The number of carbonyl (C=O) groups excluding carboxylic acids is 2. The van der Waals surface area contributed by atoms with Gasteiger partial charge in [-0.05, 0) is 38.1 Å². The first-order chi connectivity index (χ1) is 11.0. The van der Waals surface area contributed by atoms with Gasteiger partial charge in [0.2, 0.25) is 5.91 Å². The molecule has 0 spiro atoms. The second kappa shape index (κ2) is 7.97. The molecule has 0 saturated carbocycles. The average molecular weight is 318 g/mol. The van der Waals surface area contributed by atoms with Crippen LogP contribution in [0.25, 0.3) is 0 Å². The van der Waals surface area contributed by atoms with Gasteiger partial charge >= 0.3 is 6.03 Å². The lowest BCUT2D eigenvalue weighted by Gasteiger charge is -2.25. The van der Waals surface area contributed by atoms with Gasteiger partial charge in [0.1, 0.15) is 0 Å². The second-order valence-electron chi connectivity index (χ2n) is 6.16. The molecule has 126 valence electrons. The zero-order valence-electron chi connectivity index (χ0n) is 13.9. The average Bonchev–Trinajstić information content (AvgIpc) is 2.71. The lowest BCUT2D eigenvalue weighted by Crippen LogP contribution is -2.39. The third-order valence-electron chi connectivity index (χ3n) is 4.33. The number of urea groups is 1. The highest BCUT2D eigenvalue weighted by molar-refractivity contribution is 5.79. The first kappa shape index (κ1) is 17.3. The van der Waals surface area contributed by atoms with Crippen molar-refractivity contribution >= 4 is 11.9 Å². The SMILES string of the molecule is Cc1ccccc1C(CC(=O)N1CCCN(C)CC1)NC(N)=O. The summed E-state index contributed by atoms with van der Waals surface area (Å²) in [4.78, 5) is 28.1. The maximum absolute atomic E-state index is 12.6. The van der Waals surface area contributed by atoms with Gasteiger partial charge in [-0.3, -0.25) is 4.79 Å². The molecular formula is C17H26N4O2. The highest BCUT2D eigenvalue weighted by Crippen LogP contribution is 2.22. The molecule has 0 radical (unpaired) electrons. The minimum atomic E-state index is -0.610. The van der Waals surface area contributed by atoms with Crippen LogP contribution in [-0.2, 0) is 4.79 Å². The summed E-state index contributed by atoms with van der Waals surface area (Å²) in [5, 5.41) is 2.71. The second-order valence-corrected chi connectivity index (χ2v) is 6.16. The predicted molar refractivity (Wildman–Crippen MR) is 90.0 cm³/mol. The van der Waals surface area contributed by atoms with Crippen molar-refractivity contribution in [2.24, 2.45) is 5.73 Å². The van der Waals surface area contributed by atoms with Crippen LogP contribution in [0.5, 0.6) is 0 Å². The Balaban J connectivity index is 2.09. The minimum Gasteiger partial charge on any atom is -0.352 e. The van der Waals surface area contributed by atoms with Crippen LogP contribution in [0.15, 0.2) is 24.3 Å². The number of likely N-dealkylation sites (N-methyl/N-ethyl adjacent to an activating group) is 1. The number of aryl methyl sites for hydroxylation is 1. The highest BCUT2D eigenvalue weighted by Gasteiger charge is 2.23. The van der Waals surface area contributed by atoms with Crippen LogP contribution in [0.4, 0.5) is 4.79 Å². The third kappa shape index (κ3) is 4.96. The molecule has 1 fully saturated rings. The maximum atomic E-state index is 12.6. The molecule has 3 N–H and O–H groups in total. The standard InChI is InChI=1S/C17H26N4O2/c1-13-6-3-4-7-14(13)15(19-17(18)23)12-16(22)21-9-5-8-20(2)10-11-21/h3-4,6-7,15H,5,8-12H2,1-2H3,(H3,18,19,23). The smallest absolute Gasteiger partial charge is 0.312 e. The van der Waals surface area contributed by atoms with E-state index in [-0.39, 0.29) is 18.4 Å². The van der Waals surface area contributed by atoms with E-state index >= 15 is 0 Å². The van der Waals surface area contributed by atoms with E-state index in [2.05, 4.69) is 17.3 Å². The van der Waals surface area contributed by atoms with Gasteiger partial charge in [0, 0.05) is 19.6 Å². The highest BCUT2D eigenvalue weighted by atomic mass is 16.2. The number of nitrogens with zero attached hydrogens (tertiary/aromatic N) is 2. The van der Waals surface area contributed by atoms with Crippen molar-refractivity contribution in [3.05, 3.63) is 35.4 Å². The Morgan fingerprint density at radius 1 is 1.22 bits per heavy atom. The molecule has 1 heterocycles. The van der Waals surface area contributed by atoms with Gasteiger partial charge < -0.3 is 20.9 Å². The van der Waals surface area contributed by atoms with Crippen LogP contribution in [-0.4, -0.2) is 55.0 Å². The van der Waals surface area contributed by atoms with E-state index < -0.39 is 6.03 Å². The number of carbonyl (C=O) groups is 2. The van der Waals surface area contributed by atoms with E-state index in [9.17, 15) is 9.59 Å². The lowest BCUT2D eigenvalue weighted by molar-refractivity contribution is -0.131. The summed E-state index contributed by atoms with van der Waals surface area (Å²) in [5.41, 5.74) is 7.27. The number of hydrogen-bond acceptors (Lipinski definition) is 3. The maximum Gasteiger partial charge on any atom is 0.312 e. The van der Waals surface area contributed by atoms with E-state index in [0.717, 1.165) is 43.7 Å². The molecule has 0 aliphatic carbocycles. The number of hydrogen-bond donors (Lipinski definition) is 2. The Morgan fingerprint density at radius 3 is 2.65 bits per heavy atom. The molecule has 1 aliphatic heterocycles. The van der Waals surface area contributed by atoms with Crippen LogP contribution in [0.1, 0.15) is 30.0 Å². The normalized spacial score (nSPS) is 17.4. The fourth-order valence-corrected chi connectivity index (χ4v) is 2.99. The lowest BCUT2D eigenvalue weighted by atomic mass is 9.98. The van der Waals surface area contributed by atoms with Crippen molar-refractivity contribution < 1.29 is 9.59 Å². The fourth-order valence-electron chi connectivity index (χ4n) is 2.99. The monoisotopic (exact) mass is 318 g/mol. The minimum absolute atomic E-state index is 0.0577. The Hall–Kier alpha value is -2.08. The zero-order chi connectivity index (χ0) is 16.8. The summed E-state index contributed by atoms with van der Waals surface area (Å²) >= 11 is 0. The van der Waals surface area contributed by atoms with E-state index in [1.54, 1.807) is 0 Å². The zero-order valence-corrected chi connectivity index (χ0v) is 13.9. The molecular weight excluding hydrogens is 292 g/mol. The summed E-state index contributed by atoms with van der Waals surface area (Å²) in [6.45, 7) is 5.34. The molecule has 1 aliphatic rings. The number of benzene rings is 1. The first-order valence-electron chi connectivity index (χ1n) is 8.05. The molecule has 3 amide bonds. The number of rotatable bonds is 4. The first-order valence-corrected chi connectivity index (χ1v) is 8.05. The van der Waals surface area contributed by atoms with Crippen LogP contribution in [0, 0.1) is 6.92 Å². The molecule has 0 aromatic heterocycles. The van der Waals surface area contributed by atoms with Gasteiger partial charge in [-0.1, -0.05) is 24.3 Å². The fraction of sp³-hybridized carbons (Fsp3) is 0.529. The van der Waals surface area contributed by atoms with Crippen molar-refractivity contribution in [3.63, 3.8) is 0 Å². The Bertz CT molecular complexity index is 561. The number of nitrogens with one attached hydrogen (secondary N) is 1. The van der Waals surface area contributed by atoms with Crippen molar-refractivity contribution in [1.82, 2.24) is 15.1 Å². The summed E-state index contributed by atoms with van der Waals surface area (Å²) in [7, 11) is 2.07. The summed E-state index contributed by atoms with van der Waals surface area (Å²) in [5.74, 6) is 0.0577. The van der Waals surface area contributed by atoms with Crippen LogP contribution < -0.4 is 11.1 Å². The third-order valence-corrected chi connectivity index (χ3v) is 4.33. The van der Waals surface area contributed by atoms with Gasteiger partial charge in [-0.2, -0.15) is 0 Å². The van der Waals surface area contributed by atoms with Crippen molar-refractivity contribution in [2.45, 2.75) is 25.8 Å². The van der Waals surface area contributed by atoms with Crippen molar-refractivity contribution in [2.75, 3.05) is 33.2 Å². The van der Waals surface area contributed by atoms with Gasteiger partial charge in [0.05, 0.1) is 12.5 Å². The topological polar surface area (TPSA) is 78.7 Å². The molecule has 1 aromatic carbocycles. The van der Waals surface area contributed by atoms with Gasteiger partial charge in [0.25, 0.3) is 0 Å². The number of amides is 3. The Morgan fingerprint density at radius 2 is 1.96 bits per heavy atom. The molecule has 0 bridgehead atoms. The van der Waals surface area contributed by atoms with Gasteiger partial charge in [0.15, 0.2) is 0 Å². The molecule has 6 heteroatoms. The number of primary amides is 1. The predicted octanol–water partition coefficient (Wildman–Crippen LogP) is 1.26.